The number of benzene rings is 2. The minimum atomic E-state index is -3.65. The Morgan fingerprint density at radius 2 is 1.62 bits per heavy atom. The number of nitrogens with one attached hydrogen (secondary N) is 1. The number of hydrogen-bond acceptors (Lipinski definition) is 4. The molecule has 1 atom stereocenters. The molecule has 0 saturated carbocycles. The largest absolute Gasteiger partial charge is 0.497 e. The number of aryl methyl sites for hydroxylation is 2. The summed E-state index contributed by atoms with van der Waals surface area (Å²) in [7, 11) is -2.07. The molecule has 0 aliphatic carbocycles. The Morgan fingerprint density at radius 3 is 2.14 bits per heavy atom. The summed E-state index contributed by atoms with van der Waals surface area (Å²) < 4.78 is 34.2. The fraction of sp³-hybridized carbons (Fsp3) is 0.478. The van der Waals surface area contributed by atoms with Crippen molar-refractivity contribution in [2.24, 2.45) is 5.92 Å². The lowest BCUT2D eigenvalue weighted by Crippen LogP contribution is -2.32. The number of ether oxygens (including phenoxy) is 1. The van der Waals surface area contributed by atoms with Crippen LogP contribution in [-0.2, 0) is 10.0 Å². The molecule has 0 spiro atoms. The predicted molar refractivity (Wildman–Crippen MR) is 118 cm³/mol. The zero-order chi connectivity index (χ0) is 21.2. The van der Waals surface area contributed by atoms with E-state index in [9.17, 15) is 8.42 Å². The molecule has 1 aliphatic heterocycles. The lowest BCUT2D eigenvalue weighted by atomic mass is 9.98. The van der Waals surface area contributed by atoms with Crippen molar-refractivity contribution in [2.45, 2.75) is 51.5 Å². The second-order valence-electron chi connectivity index (χ2n) is 8.19. The van der Waals surface area contributed by atoms with Crippen molar-refractivity contribution in [3.8, 4) is 5.75 Å². The molecule has 1 aliphatic rings. The minimum absolute atomic E-state index is 0.323. The minimum Gasteiger partial charge on any atom is -0.497 e. The van der Waals surface area contributed by atoms with Gasteiger partial charge in [-0.05, 0) is 80.5 Å². The highest BCUT2D eigenvalue weighted by atomic mass is 32.2. The molecule has 5 nitrogen and oxygen atoms in total. The second kappa shape index (κ2) is 8.76. The average molecular weight is 417 g/mol. The number of nitrogens with zero attached hydrogens (tertiary/aromatic N) is 1. The quantitative estimate of drug-likeness (QED) is 0.748. The first kappa shape index (κ1) is 21.7. The summed E-state index contributed by atoms with van der Waals surface area (Å²) in [6.45, 7) is 9.94. The van der Waals surface area contributed by atoms with Crippen LogP contribution in [0.4, 0.5) is 5.69 Å². The smallest absolute Gasteiger partial charge is 0.241 e. The summed E-state index contributed by atoms with van der Waals surface area (Å²) in [6, 6.07) is 11.4. The van der Waals surface area contributed by atoms with Crippen LogP contribution < -0.4 is 14.4 Å². The fourth-order valence-electron chi connectivity index (χ4n) is 4.05. The summed E-state index contributed by atoms with van der Waals surface area (Å²) >= 11 is 0. The van der Waals surface area contributed by atoms with Crippen LogP contribution in [-0.4, -0.2) is 28.6 Å². The van der Waals surface area contributed by atoms with E-state index in [1.54, 1.807) is 33.1 Å². The van der Waals surface area contributed by atoms with E-state index in [0.29, 0.717) is 21.8 Å². The van der Waals surface area contributed by atoms with Crippen molar-refractivity contribution >= 4 is 15.7 Å². The van der Waals surface area contributed by atoms with Gasteiger partial charge in [-0.3, -0.25) is 0 Å². The number of hydrogen-bond donors (Lipinski definition) is 1. The van der Waals surface area contributed by atoms with Crippen molar-refractivity contribution < 1.29 is 13.2 Å². The maximum Gasteiger partial charge on any atom is 0.241 e. The second-order valence-corrected chi connectivity index (χ2v) is 9.85. The van der Waals surface area contributed by atoms with Crippen LogP contribution in [0.5, 0.6) is 5.75 Å². The van der Waals surface area contributed by atoms with E-state index in [0.717, 1.165) is 24.6 Å². The Bertz CT molecular complexity index is 924. The Hall–Kier alpha value is -2.05. The molecule has 0 amide bonds. The molecule has 6 heteroatoms. The van der Waals surface area contributed by atoms with E-state index in [1.165, 1.54) is 18.5 Å². The molecule has 0 radical (unpaired) electrons. The average Bonchev–Trinajstić information content (AvgIpc) is 2.67. The molecule has 158 valence electrons. The highest BCUT2D eigenvalue weighted by Gasteiger charge is 2.23. The molecular formula is C23H32N2O3S. The lowest BCUT2D eigenvalue weighted by Gasteiger charge is -2.32. The first-order valence-corrected chi connectivity index (χ1v) is 11.7. The molecule has 1 saturated heterocycles. The molecule has 29 heavy (non-hydrogen) atoms. The number of sulfonamides is 1. The van der Waals surface area contributed by atoms with Crippen molar-refractivity contribution in [1.29, 1.82) is 0 Å². The molecular weight excluding hydrogens is 384 g/mol. The molecule has 0 aromatic heterocycles. The summed E-state index contributed by atoms with van der Waals surface area (Å²) in [6.07, 6.45) is 2.44. The fourth-order valence-corrected chi connectivity index (χ4v) is 5.74. The molecule has 1 N–H and O–H groups in total. The molecule has 3 rings (SSSR count). The normalized spacial score (nSPS) is 16.7. The monoisotopic (exact) mass is 416 g/mol. The zero-order valence-electron chi connectivity index (χ0n) is 18.0. The van der Waals surface area contributed by atoms with E-state index >= 15 is 0 Å². The van der Waals surface area contributed by atoms with Gasteiger partial charge in [0.25, 0.3) is 0 Å². The van der Waals surface area contributed by atoms with Gasteiger partial charge in [0, 0.05) is 24.8 Å². The van der Waals surface area contributed by atoms with Crippen LogP contribution in [0.15, 0.2) is 41.3 Å². The van der Waals surface area contributed by atoms with Gasteiger partial charge in [-0.2, -0.15) is 0 Å². The van der Waals surface area contributed by atoms with Gasteiger partial charge < -0.3 is 9.64 Å². The number of methoxy groups -OCH3 is 1. The van der Waals surface area contributed by atoms with E-state index in [4.69, 9.17) is 4.74 Å². The maximum atomic E-state index is 13.0. The third-order valence-electron chi connectivity index (χ3n) is 5.81. The Labute approximate surface area is 175 Å². The van der Waals surface area contributed by atoms with Crippen molar-refractivity contribution in [2.75, 3.05) is 25.1 Å². The first-order valence-electron chi connectivity index (χ1n) is 10.2. The van der Waals surface area contributed by atoms with Crippen molar-refractivity contribution in [3.05, 3.63) is 53.1 Å². The van der Waals surface area contributed by atoms with Gasteiger partial charge in [-0.1, -0.05) is 19.1 Å². The van der Waals surface area contributed by atoms with Crippen molar-refractivity contribution in [1.82, 2.24) is 4.72 Å². The third kappa shape index (κ3) is 4.93. The van der Waals surface area contributed by atoms with Gasteiger partial charge in [-0.25, -0.2) is 13.1 Å². The van der Waals surface area contributed by atoms with Gasteiger partial charge in [0.15, 0.2) is 0 Å². The van der Waals surface area contributed by atoms with E-state index in [-0.39, 0.29) is 6.04 Å². The van der Waals surface area contributed by atoms with E-state index in [2.05, 4.69) is 28.7 Å². The van der Waals surface area contributed by atoms with Crippen LogP contribution in [0.2, 0.25) is 0 Å². The summed E-state index contributed by atoms with van der Waals surface area (Å²) in [5.74, 6) is 1.46. The summed E-state index contributed by atoms with van der Waals surface area (Å²) in [4.78, 5) is 2.73. The molecule has 0 bridgehead atoms. The number of piperidine rings is 1. The van der Waals surface area contributed by atoms with Gasteiger partial charge >= 0.3 is 0 Å². The van der Waals surface area contributed by atoms with Crippen LogP contribution >= 0.6 is 0 Å². The molecule has 2 aromatic rings. The van der Waals surface area contributed by atoms with E-state index < -0.39 is 10.0 Å². The summed E-state index contributed by atoms with van der Waals surface area (Å²) in [5, 5.41) is 0. The SMILES string of the molecule is COc1cc(C)c(S(=O)(=O)N[C@@H](C)c2ccc(N3CCC(C)CC3)cc2)c(C)c1. The van der Waals surface area contributed by atoms with E-state index in [1.807, 2.05) is 19.1 Å². The van der Waals surface area contributed by atoms with Gasteiger partial charge in [0.1, 0.15) is 5.75 Å². The van der Waals surface area contributed by atoms with Gasteiger partial charge in [-0.15, -0.1) is 0 Å². The predicted octanol–water partition coefficient (Wildman–Crippen LogP) is 4.59. The molecule has 1 fully saturated rings. The zero-order valence-corrected chi connectivity index (χ0v) is 18.8. The Kier molecular flexibility index (Phi) is 6.54. The van der Waals surface area contributed by atoms with Gasteiger partial charge in [0.2, 0.25) is 10.0 Å². The third-order valence-corrected chi connectivity index (χ3v) is 7.66. The highest BCUT2D eigenvalue weighted by Crippen LogP contribution is 2.28. The topological polar surface area (TPSA) is 58.6 Å². The highest BCUT2D eigenvalue weighted by molar-refractivity contribution is 7.89. The Morgan fingerprint density at radius 1 is 1.07 bits per heavy atom. The Balaban J connectivity index is 1.75. The lowest BCUT2D eigenvalue weighted by molar-refractivity contribution is 0.413. The van der Waals surface area contributed by atoms with Gasteiger partial charge in [0.05, 0.1) is 12.0 Å². The first-order chi connectivity index (χ1) is 13.7. The molecule has 2 aromatic carbocycles. The number of rotatable bonds is 6. The van der Waals surface area contributed by atoms with Crippen LogP contribution in [0.3, 0.4) is 0 Å². The van der Waals surface area contributed by atoms with Crippen molar-refractivity contribution in [3.63, 3.8) is 0 Å². The maximum absolute atomic E-state index is 13.0. The van der Waals surface area contributed by atoms with Crippen LogP contribution in [0, 0.1) is 19.8 Å². The molecule has 1 heterocycles. The standard InChI is InChI=1S/C23H32N2O3S/c1-16-10-12-25(13-11-16)21-8-6-20(7-9-21)19(4)24-29(26,27)23-17(2)14-22(28-5)15-18(23)3/h6-9,14-16,19,24H,10-13H2,1-5H3/t19-/m0/s1. The molecule has 0 unspecified atom stereocenters. The van der Waals surface area contributed by atoms with Crippen LogP contribution in [0.25, 0.3) is 0 Å². The van der Waals surface area contributed by atoms with Crippen LogP contribution in [0.1, 0.15) is 49.4 Å². The summed E-state index contributed by atoms with van der Waals surface area (Å²) in [5.41, 5.74) is 3.51. The number of anilines is 1.